The summed E-state index contributed by atoms with van der Waals surface area (Å²) in [7, 11) is 1.89. The third kappa shape index (κ3) is 2.89. The Kier molecular flexibility index (Phi) is 3.88. The summed E-state index contributed by atoms with van der Waals surface area (Å²) in [6, 6.07) is 15.2. The predicted octanol–water partition coefficient (Wildman–Crippen LogP) is 3.64. The molecule has 31 heavy (non-hydrogen) atoms. The second kappa shape index (κ2) is 6.65. The second-order valence-electron chi connectivity index (χ2n) is 8.24. The lowest BCUT2D eigenvalue weighted by Crippen LogP contribution is -2.21. The van der Waals surface area contributed by atoms with Gasteiger partial charge in [0.05, 0.1) is 23.3 Å². The molecule has 7 nitrogen and oxygen atoms in total. The van der Waals surface area contributed by atoms with Gasteiger partial charge in [-0.15, -0.1) is 0 Å². The second-order valence-corrected chi connectivity index (χ2v) is 8.24. The molecule has 1 saturated carbocycles. The minimum atomic E-state index is -0.0872. The molecule has 3 heterocycles. The summed E-state index contributed by atoms with van der Waals surface area (Å²) < 4.78 is 3.53. The number of benzene rings is 2. The fraction of sp³-hybridized carbons (Fsp3) is 0.208. The number of nitrogens with one attached hydrogen (secondary N) is 1. The number of pyridine rings is 1. The van der Waals surface area contributed by atoms with E-state index in [0.29, 0.717) is 11.5 Å². The largest absolute Gasteiger partial charge is 0.392 e. The normalized spacial score (nSPS) is 14.0. The number of fused-ring (bicyclic) bond motifs is 2. The Morgan fingerprint density at radius 3 is 2.65 bits per heavy atom. The maximum absolute atomic E-state index is 13.8. The number of aromatic amines is 1. The molecule has 0 spiro atoms. The molecule has 5 aromatic rings. The Morgan fingerprint density at radius 2 is 1.90 bits per heavy atom. The molecule has 2 N–H and O–H groups in total. The van der Waals surface area contributed by atoms with Crippen LogP contribution in [-0.2, 0) is 13.7 Å². The number of aryl methyl sites for hydroxylation is 1. The van der Waals surface area contributed by atoms with E-state index >= 15 is 0 Å². The third-order valence-corrected chi connectivity index (χ3v) is 6.03. The van der Waals surface area contributed by atoms with Crippen LogP contribution in [-0.4, -0.2) is 29.7 Å². The van der Waals surface area contributed by atoms with Crippen LogP contribution in [0.4, 0.5) is 0 Å². The number of hydrogen-bond donors (Lipinski definition) is 2. The highest BCUT2D eigenvalue weighted by Crippen LogP contribution is 2.42. The summed E-state index contributed by atoms with van der Waals surface area (Å²) in [6.07, 6.45) is 4.16. The monoisotopic (exact) mass is 411 g/mol. The lowest BCUT2D eigenvalue weighted by molar-refractivity contribution is 0.282. The van der Waals surface area contributed by atoms with Gasteiger partial charge in [-0.2, -0.15) is 10.2 Å². The standard InChI is InChI=1S/C24H21N5O2/c1-28-12-17-10-16(6-9-20(17)27-28)19-11-21-23(22(26-25-21)15-4-5-15)29(24(19)31)18-7-2-14(13-30)3-8-18/h2-3,6-12,15,30H,4-5,13H2,1H3,(H,25,26). The van der Waals surface area contributed by atoms with Gasteiger partial charge in [0, 0.05) is 35.8 Å². The van der Waals surface area contributed by atoms with Gasteiger partial charge < -0.3 is 5.11 Å². The van der Waals surface area contributed by atoms with Crippen molar-refractivity contribution < 1.29 is 5.11 Å². The zero-order valence-electron chi connectivity index (χ0n) is 17.0. The van der Waals surface area contributed by atoms with E-state index in [1.54, 1.807) is 9.25 Å². The molecule has 2 aromatic carbocycles. The van der Waals surface area contributed by atoms with Crippen molar-refractivity contribution in [1.29, 1.82) is 0 Å². The lowest BCUT2D eigenvalue weighted by atomic mass is 10.0. The molecule has 6 rings (SSSR count). The van der Waals surface area contributed by atoms with Crippen molar-refractivity contribution in [2.75, 3.05) is 0 Å². The molecular formula is C24H21N5O2. The Bertz CT molecular complexity index is 1500. The zero-order chi connectivity index (χ0) is 21.1. The van der Waals surface area contributed by atoms with Crippen molar-refractivity contribution in [1.82, 2.24) is 24.5 Å². The molecule has 0 saturated heterocycles. The molecule has 0 aliphatic heterocycles. The molecular weight excluding hydrogens is 390 g/mol. The van der Waals surface area contributed by atoms with Crippen molar-refractivity contribution in [3.05, 3.63) is 76.3 Å². The highest BCUT2D eigenvalue weighted by Gasteiger charge is 2.30. The molecule has 7 heteroatoms. The van der Waals surface area contributed by atoms with Gasteiger partial charge in [0.25, 0.3) is 5.56 Å². The van der Waals surface area contributed by atoms with Crippen molar-refractivity contribution in [3.8, 4) is 16.8 Å². The Labute approximate surface area is 177 Å². The summed E-state index contributed by atoms with van der Waals surface area (Å²) in [5, 5.41) is 22.6. The van der Waals surface area contributed by atoms with Gasteiger partial charge in [-0.1, -0.05) is 18.2 Å². The zero-order valence-corrected chi connectivity index (χ0v) is 17.0. The van der Waals surface area contributed by atoms with E-state index in [0.717, 1.165) is 57.3 Å². The summed E-state index contributed by atoms with van der Waals surface area (Å²) in [4.78, 5) is 13.8. The number of aliphatic hydroxyl groups is 1. The van der Waals surface area contributed by atoms with Crippen LogP contribution in [0.3, 0.4) is 0 Å². The molecule has 0 bridgehead atoms. The topological polar surface area (TPSA) is 88.7 Å². The third-order valence-electron chi connectivity index (χ3n) is 6.03. The number of aromatic nitrogens is 5. The van der Waals surface area contributed by atoms with Crippen LogP contribution in [0, 0.1) is 0 Å². The van der Waals surface area contributed by atoms with Crippen LogP contribution in [0.2, 0.25) is 0 Å². The summed E-state index contributed by atoms with van der Waals surface area (Å²) in [5.41, 5.74) is 6.44. The average molecular weight is 411 g/mol. The van der Waals surface area contributed by atoms with Gasteiger partial charge in [-0.25, -0.2) is 0 Å². The van der Waals surface area contributed by atoms with Gasteiger partial charge in [0.15, 0.2) is 0 Å². The first-order valence-corrected chi connectivity index (χ1v) is 10.4. The molecule has 0 amide bonds. The predicted molar refractivity (Wildman–Crippen MR) is 119 cm³/mol. The summed E-state index contributed by atoms with van der Waals surface area (Å²) in [6.45, 7) is -0.0329. The van der Waals surface area contributed by atoms with Crippen molar-refractivity contribution >= 4 is 21.9 Å². The molecule has 3 aromatic heterocycles. The van der Waals surface area contributed by atoms with E-state index in [1.807, 2.05) is 61.8 Å². The fourth-order valence-corrected chi connectivity index (χ4v) is 4.30. The maximum atomic E-state index is 13.8. The van der Waals surface area contributed by atoms with Crippen LogP contribution in [0.1, 0.15) is 30.0 Å². The van der Waals surface area contributed by atoms with Crippen molar-refractivity contribution in [2.45, 2.75) is 25.4 Å². The van der Waals surface area contributed by atoms with Crippen molar-refractivity contribution in [3.63, 3.8) is 0 Å². The van der Waals surface area contributed by atoms with Crippen LogP contribution < -0.4 is 5.56 Å². The highest BCUT2D eigenvalue weighted by atomic mass is 16.3. The number of H-pyrrole nitrogens is 1. The average Bonchev–Trinajstić information content (AvgIpc) is 3.43. The number of rotatable bonds is 4. The Balaban J connectivity index is 1.64. The quantitative estimate of drug-likeness (QED) is 0.473. The first-order chi connectivity index (χ1) is 15.1. The molecule has 0 unspecified atom stereocenters. The van der Waals surface area contributed by atoms with E-state index in [1.165, 1.54) is 0 Å². The number of nitrogens with zero attached hydrogens (tertiary/aromatic N) is 4. The molecule has 1 aliphatic rings. The summed E-state index contributed by atoms with van der Waals surface area (Å²) >= 11 is 0. The first-order valence-electron chi connectivity index (χ1n) is 10.4. The van der Waals surface area contributed by atoms with Crippen molar-refractivity contribution in [2.24, 2.45) is 7.05 Å². The van der Waals surface area contributed by atoms with E-state index in [2.05, 4.69) is 15.3 Å². The minimum absolute atomic E-state index is 0.0329. The van der Waals surface area contributed by atoms with Gasteiger partial charge in [-0.05, 0) is 54.3 Å². The molecule has 1 aliphatic carbocycles. The van der Waals surface area contributed by atoms with Crippen LogP contribution in [0.5, 0.6) is 0 Å². The molecule has 154 valence electrons. The van der Waals surface area contributed by atoms with Crippen LogP contribution in [0.15, 0.2) is 59.5 Å². The van der Waals surface area contributed by atoms with Gasteiger partial charge in [0.1, 0.15) is 5.52 Å². The fourth-order valence-electron chi connectivity index (χ4n) is 4.30. The van der Waals surface area contributed by atoms with Gasteiger partial charge in [-0.3, -0.25) is 19.1 Å². The van der Waals surface area contributed by atoms with E-state index in [-0.39, 0.29) is 12.2 Å². The van der Waals surface area contributed by atoms with Gasteiger partial charge in [0.2, 0.25) is 0 Å². The Hall–Kier alpha value is -3.71. The molecule has 0 radical (unpaired) electrons. The van der Waals surface area contributed by atoms with Crippen LogP contribution >= 0.6 is 0 Å². The Morgan fingerprint density at radius 1 is 1.10 bits per heavy atom. The smallest absolute Gasteiger partial charge is 0.263 e. The van der Waals surface area contributed by atoms with Crippen LogP contribution in [0.25, 0.3) is 38.8 Å². The number of aliphatic hydroxyl groups excluding tert-OH is 1. The van der Waals surface area contributed by atoms with Gasteiger partial charge >= 0.3 is 0 Å². The SMILES string of the molecule is Cn1cc2cc(-c3cc4n[nH]c(C5CC5)c4n(-c4ccc(CO)cc4)c3=O)ccc2n1. The summed E-state index contributed by atoms with van der Waals surface area (Å²) in [5.74, 6) is 0.421. The minimum Gasteiger partial charge on any atom is -0.392 e. The maximum Gasteiger partial charge on any atom is 0.263 e. The molecule has 1 fully saturated rings. The molecule has 0 atom stereocenters. The van der Waals surface area contributed by atoms with E-state index in [9.17, 15) is 9.90 Å². The number of hydrogen-bond acceptors (Lipinski definition) is 4. The first kappa shape index (κ1) is 18.1. The highest BCUT2D eigenvalue weighted by molar-refractivity contribution is 5.88. The van der Waals surface area contributed by atoms with E-state index in [4.69, 9.17) is 0 Å². The van der Waals surface area contributed by atoms with E-state index < -0.39 is 0 Å². The lowest BCUT2D eigenvalue weighted by Gasteiger charge is -2.12.